The molecule has 1 aromatic carbocycles. The van der Waals surface area contributed by atoms with Gasteiger partial charge in [0.25, 0.3) is 0 Å². The van der Waals surface area contributed by atoms with E-state index in [0.29, 0.717) is 15.7 Å². The summed E-state index contributed by atoms with van der Waals surface area (Å²) in [6, 6.07) is 8.33. The van der Waals surface area contributed by atoms with E-state index in [1.165, 1.54) is 5.56 Å². The minimum Gasteiger partial charge on any atom is -0.497 e. The molecule has 0 aliphatic carbocycles. The van der Waals surface area contributed by atoms with Crippen LogP contribution in [-0.4, -0.2) is 28.6 Å². The van der Waals surface area contributed by atoms with E-state index >= 15 is 0 Å². The summed E-state index contributed by atoms with van der Waals surface area (Å²) >= 11 is 4.07. The second kappa shape index (κ2) is 6.88. The highest BCUT2D eigenvalue weighted by Gasteiger charge is 2.31. The van der Waals surface area contributed by atoms with Gasteiger partial charge in [0.1, 0.15) is 5.75 Å². The van der Waals surface area contributed by atoms with Crippen LogP contribution in [-0.2, 0) is 0 Å². The van der Waals surface area contributed by atoms with Crippen molar-refractivity contribution in [1.82, 2.24) is 5.43 Å². The Bertz CT molecular complexity index is 416. The van der Waals surface area contributed by atoms with Crippen molar-refractivity contribution in [2.45, 2.75) is 35.6 Å². The molecule has 5 heteroatoms. The van der Waals surface area contributed by atoms with Gasteiger partial charge in [-0.3, -0.25) is 11.3 Å². The lowest BCUT2D eigenvalue weighted by Gasteiger charge is -2.35. The van der Waals surface area contributed by atoms with Crippen LogP contribution in [0.4, 0.5) is 0 Å². The zero-order valence-corrected chi connectivity index (χ0v) is 13.3. The summed E-state index contributed by atoms with van der Waals surface area (Å²) in [7, 11) is 1.69. The van der Waals surface area contributed by atoms with Gasteiger partial charge in [-0.2, -0.15) is 23.5 Å². The Morgan fingerprint density at radius 1 is 1.37 bits per heavy atom. The number of ether oxygens (including phenoxy) is 1. The molecule has 0 aromatic heterocycles. The normalized spacial score (nSPS) is 28.9. The van der Waals surface area contributed by atoms with Gasteiger partial charge in [-0.1, -0.05) is 26.0 Å². The van der Waals surface area contributed by atoms with Crippen molar-refractivity contribution in [1.29, 1.82) is 0 Å². The molecule has 19 heavy (non-hydrogen) atoms. The average Bonchev–Trinajstić information content (AvgIpc) is 2.44. The number of nitrogens with two attached hydrogens (primary N) is 1. The molecular formula is C14H22N2OS2. The maximum absolute atomic E-state index is 5.79. The van der Waals surface area contributed by atoms with Gasteiger partial charge in [0, 0.05) is 21.5 Å². The second-order valence-corrected chi connectivity index (χ2v) is 7.87. The monoisotopic (exact) mass is 298 g/mol. The first-order valence-corrected chi connectivity index (χ1v) is 8.52. The smallest absolute Gasteiger partial charge is 0.119 e. The molecule has 106 valence electrons. The molecule has 3 N–H and O–H groups in total. The van der Waals surface area contributed by atoms with Gasteiger partial charge in [-0.05, 0) is 17.7 Å². The Labute approximate surface area is 124 Å². The molecule has 0 bridgehead atoms. The first-order chi connectivity index (χ1) is 9.15. The number of rotatable bonds is 4. The second-order valence-electron chi connectivity index (χ2n) is 4.84. The highest BCUT2D eigenvalue weighted by atomic mass is 32.2. The van der Waals surface area contributed by atoms with Crippen LogP contribution in [0.25, 0.3) is 0 Å². The molecule has 3 nitrogen and oxygen atoms in total. The van der Waals surface area contributed by atoms with Crippen molar-refractivity contribution >= 4 is 23.5 Å². The van der Waals surface area contributed by atoms with E-state index in [1.54, 1.807) is 7.11 Å². The molecule has 2 rings (SSSR count). The number of benzene rings is 1. The van der Waals surface area contributed by atoms with Gasteiger partial charge in [0.05, 0.1) is 13.2 Å². The minimum atomic E-state index is 0.169. The van der Waals surface area contributed by atoms with Gasteiger partial charge in [0.15, 0.2) is 0 Å². The number of hydrogen-bond donors (Lipinski definition) is 2. The summed E-state index contributed by atoms with van der Waals surface area (Å²) in [6.45, 7) is 4.60. The molecule has 0 amide bonds. The molecule has 1 saturated heterocycles. The van der Waals surface area contributed by atoms with Crippen molar-refractivity contribution in [3.8, 4) is 5.75 Å². The number of hydrogen-bond acceptors (Lipinski definition) is 5. The Hall–Kier alpha value is -0.360. The minimum absolute atomic E-state index is 0.169. The molecule has 4 atom stereocenters. The summed E-state index contributed by atoms with van der Waals surface area (Å²) < 4.78 is 5.29. The van der Waals surface area contributed by atoms with E-state index in [1.807, 2.05) is 35.7 Å². The SMILES string of the molecule is COc1cccc(C(NN)C2CSC(C)C(C)S2)c1. The van der Waals surface area contributed by atoms with Crippen molar-refractivity contribution in [3.05, 3.63) is 29.8 Å². The van der Waals surface area contributed by atoms with Gasteiger partial charge in [-0.15, -0.1) is 0 Å². The molecule has 1 heterocycles. The van der Waals surface area contributed by atoms with Crippen LogP contribution in [0.15, 0.2) is 24.3 Å². The predicted molar refractivity (Wildman–Crippen MR) is 85.8 cm³/mol. The van der Waals surface area contributed by atoms with Crippen LogP contribution >= 0.6 is 23.5 Å². The maximum Gasteiger partial charge on any atom is 0.119 e. The van der Waals surface area contributed by atoms with Crippen LogP contribution in [0.1, 0.15) is 25.5 Å². The number of nitrogens with one attached hydrogen (secondary N) is 1. The number of thioether (sulfide) groups is 2. The van der Waals surface area contributed by atoms with E-state index in [2.05, 4.69) is 31.4 Å². The fraction of sp³-hybridized carbons (Fsp3) is 0.571. The van der Waals surface area contributed by atoms with Crippen LogP contribution in [0.2, 0.25) is 0 Å². The van der Waals surface area contributed by atoms with Crippen LogP contribution in [0, 0.1) is 0 Å². The maximum atomic E-state index is 5.79. The third-order valence-electron chi connectivity index (χ3n) is 3.58. The lowest BCUT2D eigenvalue weighted by molar-refractivity contribution is 0.413. The molecule has 0 saturated carbocycles. The third-order valence-corrected chi connectivity index (χ3v) is 7.07. The van der Waals surface area contributed by atoms with Crippen molar-refractivity contribution in [2.24, 2.45) is 5.84 Å². The molecular weight excluding hydrogens is 276 g/mol. The molecule has 4 unspecified atom stereocenters. The first kappa shape index (κ1) is 15.0. The lowest BCUT2D eigenvalue weighted by Crippen LogP contribution is -2.40. The van der Waals surface area contributed by atoms with Crippen molar-refractivity contribution in [2.75, 3.05) is 12.9 Å². The van der Waals surface area contributed by atoms with Crippen molar-refractivity contribution in [3.63, 3.8) is 0 Å². The fourth-order valence-electron chi connectivity index (χ4n) is 2.24. The number of hydrazine groups is 1. The quantitative estimate of drug-likeness (QED) is 0.661. The van der Waals surface area contributed by atoms with Gasteiger partial charge < -0.3 is 4.74 Å². The zero-order chi connectivity index (χ0) is 13.8. The average molecular weight is 298 g/mol. The van der Waals surface area contributed by atoms with E-state index < -0.39 is 0 Å². The van der Waals surface area contributed by atoms with E-state index in [4.69, 9.17) is 10.6 Å². The number of methoxy groups -OCH3 is 1. The molecule has 1 fully saturated rings. The Balaban J connectivity index is 2.15. The standard InChI is InChI=1S/C14H22N2OS2/c1-9-10(2)19-13(8-18-9)14(16-15)11-5-4-6-12(7-11)17-3/h4-7,9-10,13-14,16H,8,15H2,1-3H3. The first-order valence-electron chi connectivity index (χ1n) is 6.53. The summed E-state index contributed by atoms with van der Waals surface area (Å²) in [5.74, 6) is 7.80. The Morgan fingerprint density at radius 3 is 2.79 bits per heavy atom. The summed E-state index contributed by atoms with van der Waals surface area (Å²) in [4.78, 5) is 0. The summed E-state index contributed by atoms with van der Waals surface area (Å²) in [5.41, 5.74) is 4.18. The predicted octanol–water partition coefficient (Wildman–Crippen LogP) is 2.83. The summed E-state index contributed by atoms with van der Waals surface area (Å²) in [6.07, 6.45) is 0. The Morgan fingerprint density at radius 2 is 2.16 bits per heavy atom. The summed E-state index contributed by atoms with van der Waals surface area (Å²) in [5, 5.41) is 1.86. The third kappa shape index (κ3) is 3.60. The van der Waals surface area contributed by atoms with E-state index in [0.717, 1.165) is 11.5 Å². The van der Waals surface area contributed by atoms with Gasteiger partial charge in [-0.25, -0.2) is 0 Å². The molecule has 0 spiro atoms. The van der Waals surface area contributed by atoms with Crippen molar-refractivity contribution < 1.29 is 4.74 Å². The highest BCUT2D eigenvalue weighted by Crippen LogP contribution is 2.41. The Kier molecular flexibility index (Phi) is 5.45. The molecule has 1 aromatic rings. The van der Waals surface area contributed by atoms with Crippen LogP contribution in [0.3, 0.4) is 0 Å². The van der Waals surface area contributed by atoms with E-state index in [-0.39, 0.29) is 6.04 Å². The van der Waals surface area contributed by atoms with Crippen LogP contribution in [0.5, 0.6) is 5.75 Å². The van der Waals surface area contributed by atoms with E-state index in [9.17, 15) is 0 Å². The van der Waals surface area contributed by atoms with Gasteiger partial charge in [0.2, 0.25) is 0 Å². The van der Waals surface area contributed by atoms with Gasteiger partial charge >= 0.3 is 0 Å². The molecule has 1 aliphatic heterocycles. The highest BCUT2D eigenvalue weighted by molar-refractivity contribution is 8.07. The fourth-order valence-corrected chi connectivity index (χ4v) is 5.34. The molecule has 1 aliphatic rings. The van der Waals surface area contributed by atoms with Crippen LogP contribution < -0.4 is 16.0 Å². The largest absolute Gasteiger partial charge is 0.497 e. The zero-order valence-electron chi connectivity index (χ0n) is 11.6. The topological polar surface area (TPSA) is 47.3 Å². The molecule has 0 radical (unpaired) electrons. The lowest BCUT2D eigenvalue weighted by atomic mass is 10.0.